The number of nitrogens with zero attached hydrogens (tertiary/aromatic N) is 1. The molecule has 7 unspecified atom stereocenters. The number of H-pyrrole nitrogens is 1. The Morgan fingerprint density at radius 2 is 1.58 bits per heavy atom. The predicted octanol–water partition coefficient (Wildman–Crippen LogP) is 3.83. The highest BCUT2D eigenvalue weighted by Crippen LogP contribution is 2.68. The number of hydrogen-bond acceptors (Lipinski definition) is 6. The molecule has 2 N–H and O–H groups in total. The quantitative estimate of drug-likeness (QED) is 0.479. The van der Waals surface area contributed by atoms with Gasteiger partial charge in [0, 0.05) is 21.7 Å². The molecule has 4 aliphatic rings. The van der Waals surface area contributed by atoms with Gasteiger partial charge in [-0.15, -0.1) is 11.8 Å². The third kappa shape index (κ3) is 3.51. The molecule has 194 valence electrons. The van der Waals surface area contributed by atoms with Crippen LogP contribution in [-0.2, 0) is 14.4 Å². The second kappa shape index (κ2) is 8.60. The van der Waals surface area contributed by atoms with Gasteiger partial charge in [-0.05, 0) is 66.1 Å². The second-order valence-electron chi connectivity index (χ2n) is 10.3. The molecule has 2 saturated carbocycles. The van der Waals surface area contributed by atoms with Crippen LogP contribution in [0.3, 0.4) is 0 Å². The number of thioether (sulfide) groups is 1. The van der Waals surface area contributed by atoms with E-state index in [1.54, 1.807) is 23.9 Å². The number of anilines is 1. The molecular formula is C27H21F2N3O4S2. The molecular weight excluding hydrogens is 532 g/mol. The van der Waals surface area contributed by atoms with Gasteiger partial charge in [0.15, 0.2) is 0 Å². The Labute approximate surface area is 223 Å². The molecule has 0 radical (unpaired) electrons. The number of aromatic amines is 1. The lowest BCUT2D eigenvalue weighted by molar-refractivity contribution is -0.143. The first kappa shape index (κ1) is 23.8. The minimum absolute atomic E-state index is 0.000373. The van der Waals surface area contributed by atoms with Crippen LogP contribution in [0.25, 0.3) is 0 Å². The summed E-state index contributed by atoms with van der Waals surface area (Å²) in [5.41, 5.74) is 1.26. The Hall–Kier alpha value is -3.31. The summed E-state index contributed by atoms with van der Waals surface area (Å²) in [6.45, 7) is -0.397. The van der Waals surface area contributed by atoms with Crippen LogP contribution in [-0.4, -0.2) is 39.4 Å². The monoisotopic (exact) mass is 553 g/mol. The number of halogens is 2. The number of thiazole rings is 1. The van der Waals surface area contributed by atoms with Gasteiger partial charge in [0.2, 0.25) is 17.7 Å². The summed E-state index contributed by atoms with van der Waals surface area (Å²) in [5.74, 6) is -3.35. The molecule has 7 atom stereocenters. The van der Waals surface area contributed by atoms with E-state index in [-0.39, 0.29) is 51.4 Å². The Morgan fingerprint density at radius 1 is 0.947 bits per heavy atom. The van der Waals surface area contributed by atoms with Crippen molar-refractivity contribution in [3.05, 3.63) is 80.3 Å². The number of carbonyl (C=O) groups is 3. The number of carbonyl (C=O) groups excluding carboxylic acids is 3. The summed E-state index contributed by atoms with van der Waals surface area (Å²) in [4.78, 5) is 56.8. The van der Waals surface area contributed by atoms with Crippen molar-refractivity contribution in [1.82, 2.24) is 9.88 Å². The highest BCUT2D eigenvalue weighted by molar-refractivity contribution is 8.00. The number of likely N-dealkylation sites (tertiary alicyclic amines) is 1. The molecule has 3 fully saturated rings. The molecule has 7 rings (SSSR count). The van der Waals surface area contributed by atoms with Gasteiger partial charge in [0.25, 0.3) is 0 Å². The van der Waals surface area contributed by atoms with Crippen LogP contribution in [0.4, 0.5) is 14.5 Å². The normalized spacial score (nSPS) is 30.8. The highest BCUT2D eigenvalue weighted by atomic mass is 32.2. The van der Waals surface area contributed by atoms with Crippen LogP contribution in [0.2, 0.25) is 0 Å². The van der Waals surface area contributed by atoms with Gasteiger partial charge in [-0.3, -0.25) is 24.1 Å². The van der Waals surface area contributed by atoms with Crippen LogP contribution < -0.4 is 10.2 Å². The van der Waals surface area contributed by atoms with E-state index in [0.29, 0.717) is 5.69 Å². The van der Waals surface area contributed by atoms with Gasteiger partial charge in [-0.2, -0.15) is 0 Å². The average Bonchev–Trinajstić information content (AvgIpc) is 3.62. The van der Waals surface area contributed by atoms with E-state index < -0.39 is 30.1 Å². The van der Waals surface area contributed by atoms with E-state index >= 15 is 0 Å². The number of hydrogen-bond donors (Lipinski definition) is 2. The first-order valence-electron chi connectivity index (χ1n) is 12.4. The van der Waals surface area contributed by atoms with E-state index in [2.05, 4.69) is 10.3 Å². The van der Waals surface area contributed by atoms with E-state index in [9.17, 15) is 28.0 Å². The van der Waals surface area contributed by atoms with Crippen molar-refractivity contribution in [1.29, 1.82) is 0 Å². The zero-order valence-corrected chi connectivity index (χ0v) is 21.4. The topological polar surface area (TPSA) is 99.3 Å². The van der Waals surface area contributed by atoms with Crippen molar-refractivity contribution in [3.8, 4) is 0 Å². The number of benzene rings is 2. The lowest BCUT2D eigenvalue weighted by Gasteiger charge is -2.43. The smallest absolute Gasteiger partial charge is 0.305 e. The fourth-order valence-corrected chi connectivity index (χ4v) is 10.0. The molecule has 1 aromatic heterocycles. The zero-order chi connectivity index (χ0) is 26.3. The van der Waals surface area contributed by atoms with Gasteiger partial charge in [0.1, 0.15) is 18.2 Å². The number of amides is 3. The van der Waals surface area contributed by atoms with Crippen LogP contribution >= 0.6 is 23.1 Å². The Balaban J connectivity index is 1.19. The molecule has 1 saturated heterocycles. The van der Waals surface area contributed by atoms with Gasteiger partial charge in [-0.25, -0.2) is 8.78 Å². The summed E-state index contributed by atoms with van der Waals surface area (Å²) >= 11 is 2.72. The Kier molecular flexibility index (Phi) is 5.38. The SMILES string of the molecule is O=C(CN1C(=O)C2C3CC(C2C1=O)C1C(c2ccc(F)cc2)c2sc(=O)[nH]c2SC31)Nc1ccc(F)cc1. The minimum atomic E-state index is -0.527. The maximum absolute atomic E-state index is 13.8. The number of aromatic nitrogens is 1. The third-order valence-corrected chi connectivity index (χ3v) is 11.1. The molecule has 3 amide bonds. The maximum Gasteiger partial charge on any atom is 0.305 e. The van der Waals surface area contributed by atoms with Crippen molar-refractivity contribution < 1.29 is 23.2 Å². The van der Waals surface area contributed by atoms with Crippen LogP contribution in [0, 0.1) is 41.2 Å². The minimum Gasteiger partial charge on any atom is -0.325 e. The van der Waals surface area contributed by atoms with Gasteiger partial charge in [-0.1, -0.05) is 23.5 Å². The molecule has 2 aromatic carbocycles. The highest BCUT2D eigenvalue weighted by Gasteiger charge is 2.69. The molecule has 7 nitrogen and oxygen atoms in total. The van der Waals surface area contributed by atoms with E-state index in [1.807, 2.05) is 0 Å². The lowest BCUT2D eigenvalue weighted by Crippen LogP contribution is -2.42. The summed E-state index contributed by atoms with van der Waals surface area (Å²) in [5, 5.41) is 3.42. The van der Waals surface area contributed by atoms with Gasteiger partial charge < -0.3 is 10.3 Å². The van der Waals surface area contributed by atoms with Gasteiger partial charge in [0.05, 0.1) is 16.9 Å². The summed E-state index contributed by atoms with van der Waals surface area (Å²) in [7, 11) is 0. The van der Waals surface area contributed by atoms with Crippen molar-refractivity contribution in [2.24, 2.45) is 29.6 Å². The van der Waals surface area contributed by atoms with Crippen molar-refractivity contribution in [3.63, 3.8) is 0 Å². The largest absolute Gasteiger partial charge is 0.325 e. The van der Waals surface area contributed by atoms with Crippen LogP contribution in [0.5, 0.6) is 0 Å². The Bertz CT molecular complexity index is 1540. The molecule has 11 heteroatoms. The molecule has 2 aliphatic heterocycles. The van der Waals surface area contributed by atoms with Gasteiger partial charge >= 0.3 is 4.87 Å². The number of imide groups is 1. The fourth-order valence-electron chi connectivity index (χ4n) is 7.16. The third-order valence-electron chi connectivity index (χ3n) is 8.47. The van der Waals surface area contributed by atoms with Crippen molar-refractivity contribution in [2.45, 2.75) is 22.6 Å². The van der Waals surface area contributed by atoms with Crippen LogP contribution in [0.15, 0.2) is 58.4 Å². The average molecular weight is 554 g/mol. The fraction of sp³-hybridized carbons (Fsp3) is 0.333. The maximum atomic E-state index is 13.8. The van der Waals surface area contributed by atoms with E-state index in [4.69, 9.17) is 0 Å². The van der Waals surface area contributed by atoms with E-state index in [1.165, 1.54) is 36.4 Å². The zero-order valence-electron chi connectivity index (χ0n) is 19.7. The first-order chi connectivity index (χ1) is 18.3. The Morgan fingerprint density at radius 3 is 2.26 bits per heavy atom. The first-order valence-corrected chi connectivity index (χ1v) is 14.1. The molecule has 0 spiro atoms. The van der Waals surface area contributed by atoms with E-state index in [0.717, 1.165) is 38.1 Å². The standard InChI is InChI=1S/C27H21F2N3O4S2/c28-12-3-1-11(2-4-12)18-19-15-9-16(22(19)37-24-23(18)38-27(36)31-24)21-20(15)25(34)32(26(21)35)10-17(33)30-14-7-5-13(29)6-8-14/h1-8,15-16,18-22H,9-10H2,(H,30,33)(H,31,36). The van der Waals surface area contributed by atoms with Crippen molar-refractivity contribution >= 4 is 46.5 Å². The molecule has 3 aromatic rings. The molecule has 38 heavy (non-hydrogen) atoms. The molecule has 3 heterocycles. The summed E-state index contributed by atoms with van der Waals surface area (Å²) in [6, 6.07) is 11.5. The van der Waals surface area contributed by atoms with Crippen molar-refractivity contribution in [2.75, 3.05) is 11.9 Å². The molecule has 2 aliphatic carbocycles. The number of rotatable bonds is 4. The predicted molar refractivity (Wildman–Crippen MR) is 137 cm³/mol. The number of nitrogens with one attached hydrogen (secondary N) is 2. The van der Waals surface area contributed by atoms with Crippen LogP contribution in [0.1, 0.15) is 22.8 Å². The summed E-state index contributed by atoms with van der Waals surface area (Å²) in [6.07, 6.45) is 0.724. The molecule has 2 bridgehead atoms. The lowest BCUT2D eigenvalue weighted by atomic mass is 9.68. The second-order valence-corrected chi connectivity index (χ2v) is 12.5. The summed E-state index contributed by atoms with van der Waals surface area (Å²) < 4.78 is 26.9. The number of fused-ring (bicyclic) bond motifs is 9.